The molecule has 0 unspecified atom stereocenters. The minimum atomic E-state index is -3.02. The predicted molar refractivity (Wildman–Crippen MR) is 111 cm³/mol. The van der Waals surface area contributed by atoms with E-state index in [1.165, 1.54) is 11.8 Å². The molecule has 2 atom stereocenters. The predicted octanol–water partition coefficient (Wildman–Crippen LogP) is 2.79. The molecule has 1 fully saturated rings. The first kappa shape index (κ1) is 20.6. The van der Waals surface area contributed by atoms with Crippen molar-refractivity contribution in [3.05, 3.63) is 48.3 Å². The van der Waals surface area contributed by atoms with Crippen LogP contribution in [0.3, 0.4) is 0 Å². The zero-order valence-corrected chi connectivity index (χ0v) is 17.6. The van der Waals surface area contributed by atoms with Gasteiger partial charge in [-0.15, -0.1) is 16.8 Å². The van der Waals surface area contributed by atoms with E-state index in [2.05, 4.69) is 22.1 Å². The Morgan fingerprint density at radius 1 is 1.43 bits per heavy atom. The number of allylic oxidation sites excluding steroid dienone is 1. The van der Waals surface area contributed by atoms with Crippen molar-refractivity contribution in [3.63, 3.8) is 0 Å². The SMILES string of the molecule is C=CCn1c(S[C@@H](C)C(=O)Nc2ccccc2C)nnc1[C@H]1CCS(=O)(=O)C1. The largest absolute Gasteiger partial charge is 0.325 e. The van der Waals surface area contributed by atoms with Gasteiger partial charge >= 0.3 is 0 Å². The number of nitrogens with zero attached hydrogens (tertiary/aromatic N) is 3. The molecule has 0 spiro atoms. The molecule has 1 aromatic heterocycles. The number of para-hydroxylation sites is 1. The number of nitrogens with one attached hydrogen (secondary N) is 1. The molecule has 1 N–H and O–H groups in total. The van der Waals surface area contributed by atoms with Crippen molar-refractivity contribution in [2.24, 2.45) is 0 Å². The van der Waals surface area contributed by atoms with Crippen LogP contribution >= 0.6 is 11.8 Å². The lowest BCUT2D eigenvalue weighted by Gasteiger charge is -2.15. The first-order chi connectivity index (χ1) is 13.3. The number of hydrogen-bond donors (Lipinski definition) is 1. The average Bonchev–Trinajstić information content (AvgIpc) is 3.20. The van der Waals surface area contributed by atoms with Gasteiger partial charge in [0.1, 0.15) is 5.82 Å². The van der Waals surface area contributed by atoms with Crippen LogP contribution in [-0.4, -0.2) is 45.8 Å². The summed E-state index contributed by atoms with van der Waals surface area (Å²) in [6.07, 6.45) is 2.27. The molecule has 2 heterocycles. The number of carbonyl (C=O) groups excluding carboxylic acids is 1. The fraction of sp³-hybridized carbons (Fsp3) is 0.421. The van der Waals surface area contributed by atoms with Gasteiger partial charge in [-0.1, -0.05) is 36.0 Å². The van der Waals surface area contributed by atoms with E-state index >= 15 is 0 Å². The van der Waals surface area contributed by atoms with Gasteiger partial charge in [0.2, 0.25) is 5.91 Å². The van der Waals surface area contributed by atoms with Crippen molar-refractivity contribution in [1.29, 1.82) is 0 Å². The number of rotatable bonds is 7. The molecule has 150 valence electrons. The third kappa shape index (κ3) is 4.64. The molecule has 0 saturated carbocycles. The van der Waals surface area contributed by atoms with Gasteiger partial charge in [0.05, 0.1) is 16.8 Å². The molecule has 0 aliphatic carbocycles. The van der Waals surface area contributed by atoms with E-state index < -0.39 is 15.1 Å². The average molecular weight is 421 g/mol. The molecule has 7 nitrogen and oxygen atoms in total. The molecular weight excluding hydrogens is 396 g/mol. The Morgan fingerprint density at radius 3 is 2.82 bits per heavy atom. The maximum Gasteiger partial charge on any atom is 0.237 e. The fourth-order valence-corrected chi connectivity index (χ4v) is 5.75. The Bertz CT molecular complexity index is 985. The highest BCUT2D eigenvalue weighted by molar-refractivity contribution is 8.00. The number of thioether (sulfide) groups is 1. The zero-order valence-electron chi connectivity index (χ0n) is 16.0. The molecule has 1 aromatic carbocycles. The Morgan fingerprint density at radius 2 is 2.18 bits per heavy atom. The second-order valence-electron chi connectivity index (χ2n) is 6.90. The second kappa shape index (κ2) is 8.48. The van der Waals surface area contributed by atoms with E-state index in [1.54, 1.807) is 6.08 Å². The molecule has 1 aliphatic rings. The number of carbonyl (C=O) groups is 1. The Labute approximate surface area is 169 Å². The summed E-state index contributed by atoms with van der Waals surface area (Å²) in [7, 11) is -3.02. The van der Waals surface area contributed by atoms with Crippen molar-refractivity contribution < 1.29 is 13.2 Å². The summed E-state index contributed by atoms with van der Waals surface area (Å²) >= 11 is 1.30. The lowest BCUT2D eigenvalue weighted by molar-refractivity contribution is -0.115. The highest BCUT2D eigenvalue weighted by Gasteiger charge is 2.33. The number of aromatic nitrogens is 3. The van der Waals surface area contributed by atoms with Crippen molar-refractivity contribution in [2.75, 3.05) is 16.8 Å². The summed E-state index contributed by atoms with van der Waals surface area (Å²) in [5.74, 6) is 0.627. The lowest BCUT2D eigenvalue weighted by atomic mass is 10.1. The van der Waals surface area contributed by atoms with Gasteiger partial charge in [-0.25, -0.2) is 8.42 Å². The van der Waals surface area contributed by atoms with E-state index in [0.29, 0.717) is 23.9 Å². The quantitative estimate of drug-likeness (QED) is 0.547. The summed E-state index contributed by atoms with van der Waals surface area (Å²) in [5, 5.41) is 11.6. The highest BCUT2D eigenvalue weighted by Crippen LogP contribution is 2.31. The van der Waals surface area contributed by atoms with E-state index in [4.69, 9.17) is 0 Å². The minimum absolute atomic E-state index is 0.0935. The van der Waals surface area contributed by atoms with Crippen LogP contribution in [0.25, 0.3) is 0 Å². The lowest BCUT2D eigenvalue weighted by Crippen LogP contribution is -2.23. The van der Waals surface area contributed by atoms with Crippen LogP contribution < -0.4 is 5.32 Å². The van der Waals surface area contributed by atoms with Gasteiger partial charge in [0.15, 0.2) is 15.0 Å². The fourth-order valence-electron chi connectivity index (χ4n) is 3.15. The van der Waals surface area contributed by atoms with E-state index in [-0.39, 0.29) is 23.3 Å². The molecule has 1 saturated heterocycles. The summed E-state index contributed by atoms with van der Waals surface area (Å²) < 4.78 is 25.5. The Hall–Kier alpha value is -2.13. The summed E-state index contributed by atoms with van der Waals surface area (Å²) in [6.45, 7) is 7.99. The van der Waals surface area contributed by atoms with Crippen LogP contribution in [0.1, 0.15) is 30.7 Å². The third-order valence-electron chi connectivity index (χ3n) is 4.71. The number of benzene rings is 1. The van der Waals surface area contributed by atoms with Crippen LogP contribution in [0, 0.1) is 6.92 Å². The van der Waals surface area contributed by atoms with Crippen molar-refractivity contribution in [1.82, 2.24) is 14.8 Å². The molecule has 3 rings (SSSR count). The molecule has 0 bridgehead atoms. The van der Waals surface area contributed by atoms with E-state index in [1.807, 2.05) is 42.7 Å². The number of aryl methyl sites for hydroxylation is 1. The van der Waals surface area contributed by atoms with Crippen LogP contribution in [0.15, 0.2) is 42.1 Å². The monoisotopic (exact) mass is 420 g/mol. The number of anilines is 1. The molecule has 0 radical (unpaired) electrons. The molecule has 1 amide bonds. The molecule has 28 heavy (non-hydrogen) atoms. The summed E-state index contributed by atoms with van der Waals surface area (Å²) in [5.41, 5.74) is 1.77. The van der Waals surface area contributed by atoms with Gasteiger partial charge in [-0.2, -0.15) is 0 Å². The van der Waals surface area contributed by atoms with Crippen molar-refractivity contribution in [3.8, 4) is 0 Å². The first-order valence-electron chi connectivity index (χ1n) is 9.08. The molecular formula is C19H24N4O3S2. The smallest absolute Gasteiger partial charge is 0.237 e. The summed E-state index contributed by atoms with van der Waals surface area (Å²) in [6, 6.07) is 7.61. The van der Waals surface area contributed by atoms with Gasteiger partial charge in [-0.3, -0.25) is 4.79 Å². The summed E-state index contributed by atoms with van der Waals surface area (Å²) in [4.78, 5) is 12.6. The number of amides is 1. The first-order valence-corrected chi connectivity index (χ1v) is 11.8. The van der Waals surface area contributed by atoms with Crippen LogP contribution in [0.5, 0.6) is 0 Å². The minimum Gasteiger partial charge on any atom is -0.325 e. The van der Waals surface area contributed by atoms with Crippen LogP contribution in [0.2, 0.25) is 0 Å². The highest BCUT2D eigenvalue weighted by atomic mass is 32.2. The molecule has 1 aliphatic heterocycles. The molecule has 2 aromatic rings. The van der Waals surface area contributed by atoms with E-state index in [9.17, 15) is 13.2 Å². The standard InChI is InChI=1S/C19H24N4O3S2/c1-4-10-23-17(15-9-11-28(25,26)12-15)21-22-19(23)27-14(3)18(24)20-16-8-6-5-7-13(16)2/h4-8,14-15H,1,9-12H2,2-3H3,(H,20,24)/t14-,15-/m0/s1. The van der Waals surface area contributed by atoms with Crippen molar-refractivity contribution in [2.45, 2.75) is 43.1 Å². The normalized spacial score (nSPS) is 19.3. The van der Waals surface area contributed by atoms with Crippen LogP contribution in [-0.2, 0) is 21.2 Å². The maximum absolute atomic E-state index is 12.6. The topological polar surface area (TPSA) is 93.9 Å². The third-order valence-corrected chi connectivity index (χ3v) is 7.56. The zero-order chi connectivity index (χ0) is 20.3. The Kier molecular flexibility index (Phi) is 6.24. The second-order valence-corrected chi connectivity index (χ2v) is 10.4. The van der Waals surface area contributed by atoms with E-state index in [0.717, 1.165) is 11.3 Å². The van der Waals surface area contributed by atoms with Crippen molar-refractivity contribution >= 4 is 33.2 Å². The number of hydrogen-bond acceptors (Lipinski definition) is 6. The maximum atomic E-state index is 12.6. The van der Waals surface area contributed by atoms with Gasteiger partial charge in [0, 0.05) is 18.2 Å². The molecule has 9 heteroatoms. The Balaban J connectivity index is 1.75. The van der Waals surface area contributed by atoms with Gasteiger partial charge < -0.3 is 9.88 Å². The van der Waals surface area contributed by atoms with Gasteiger partial charge in [-0.05, 0) is 31.9 Å². The number of sulfone groups is 1. The van der Waals surface area contributed by atoms with Crippen LogP contribution in [0.4, 0.5) is 5.69 Å². The van der Waals surface area contributed by atoms with Gasteiger partial charge in [0.25, 0.3) is 0 Å².